The first-order chi connectivity index (χ1) is 6.16. The molecule has 5 nitrogen and oxygen atoms in total. The van der Waals surface area contributed by atoms with Gasteiger partial charge >= 0.3 is 0 Å². The molecule has 1 aliphatic rings. The molecule has 1 aliphatic carbocycles. The second-order valence-electron chi connectivity index (χ2n) is 3.60. The fourth-order valence-electron chi connectivity index (χ4n) is 1.45. The normalized spacial score (nSPS) is 29.8. The van der Waals surface area contributed by atoms with E-state index in [9.17, 15) is 0 Å². The van der Waals surface area contributed by atoms with Crippen molar-refractivity contribution in [3.63, 3.8) is 0 Å². The molecule has 1 heterocycles. The fourth-order valence-corrected chi connectivity index (χ4v) is 1.45. The lowest BCUT2D eigenvalue weighted by Crippen LogP contribution is -2.34. The highest BCUT2D eigenvalue weighted by Gasteiger charge is 2.32. The predicted octanol–water partition coefficient (Wildman–Crippen LogP) is 0.328. The van der Waals surface area contributed by atoms with Crippen LogP contribution in [0.4, 0.5) is 0 Å². The molecule has 2 rings (SSSR count). The third-order valence-corrected chi connectivity index (χ3v) is 2.35. The van der Waals surface area contributed by atoms with E-state index < -0.39 is 6.10 Å². The lowest BCUT2D eigenvalue weighted by atomic mass is 9.81. The topological polar surface area (TPSA) is 85.2 Å². The van der Waals surface area contributed by atoms with Gasteiger partial charge in [-0.15, -0.1) is 0 Å². The van der Waals surface area contributed by atoms with Gasteiger partial charge in [0.1, 0.15) is 6.10 Å². The van der Waals surface area contributed by atoms with Gasteiger partial charge in [0.25, 0.3) is 0 Å². The summed E-state index contributed by atoms with van der Waals surface area (Å²) in [6, 6.07) is 0.270. The molecule has 1 aromatic rings. The van der Waals surface area contributed by atoms with E-state index in [0.29, 0.717) is 17.6 Å². The Morgan fingerprint density at radius 1 is 1.62 bits per heavy atom. The first kappa shape index (κ1) is 8.65. The van der Waals surface area contributed by atoms with Crippen molar-refractivity contribution in [1.82, 2.24) is 10.1 Å². The van der Waals surface area contributed by atoms with Crippen LogP contribution in [-0.2, 0) is 0 Å². The molecule has 0 aromatic carbocycles. The molecule has 3 N–H and O–H groups in total. The largest absolute Gasteiger partial charge is 0.385 e. The average molecular weight is 183 g/mol. The van der Waals surface area contributed by atoms with Crippen LogP contribution in [0.3, 0.4) is 0 Å². The first-order valence-corrected chi connectivity index (χ1v) is 4.44. The summed E-state index contributed by atoms with van der Waals surface area (Å²) in [6.45, 7) is 1.61. The third-order valence-electron chi connectivity index (χ3n) is 2.35. The molecule has 1 atom stereocenters. The Labute approximate surface area is 75.9 Å². The van der Waals surface area contributed by atoms with Gasteiger partial charge in [0, 0.05) is 12.0 Å². The summed E-state index contributed by atoms with van der Waals surface area (Å²) in [7, 11) is 0. The van der Waals surface area contributed by atoms with E-state index in [0.717, 1.165) is 12.8 Å². The molecule has 0 saturated heterocycles. The predicted molar refractivity (Wildman–Crippen MR) is 44.9 cm³/mol. The van der Waals surface area contributed by atoms with Crippen LogP contribution in [0.25, 0.3) is 0 Å². The van der Waals surface area contributed by atoms with E-state index in [2.05, 4.69) is 10.1 Å². The lowest BCUT2D eigenvalue weighted by Gasteiger charge is -2.28. The van der Waals surface area contributed by atoms with Crippen LogP contribution in [0.5, 0.6) is 0 Å². The van der Waals surface area contributed by atoms with Crippen LogP contribution in [0, 0.1) is 0 Å². The number of hydrogen-bond donors (Lipinski definition) is 2. The molecule has 13 heavy (non-hydrogen) atoms. The molecule has 0 unspecified atom stereocenters. The quantitative estimate of drug-likeness (QED) is 0.690. The van der Waals surface area contributed by atoms with E-state index >= 15 is 0 Å². The zero-order valence-electron chi connectivity index (χ0n) is 7.47. The summed E-state index contributed by atoms with van der Waals surface area (Å²) in [4.78, 5) is 4.08. The molecule has 1 aromatic heterocycles. The van der Waals surface area contributed by atoms with Gasteiger partial charge in [0.15, 0.2) is 5.82 Å². The first-order valence-electron chi connectivity index (χ1n) is 4.44. The van der Waals surface area contributed by atoms with E-state index in [1.807, 2.05) is 0 Å². The van der Waals surface area contributed by atoms with Crippen LogP contribution < -0.4 is 5.73 Å². The summed E-state index contributed by atoms with van der Waals surface area (Å²) >= 11 is 0. The van der Waals surface area contributed by atoms with E-state index in [1.54, 1.807) is 6.92 Å². The van der Waals surface area contributed by atoms with E-state index in [4.69, 9.17) is 15.4 Å². The average Bonchev–Trinajstić information content (AvgIpc) is 2.46. The molecule has 0 amide bonds. The summed E-state index contributed by atoms with van der Waals surface area (Å²) in [6.07, 6.45) is 1.15. The van der Waals surface area contributed by atoms with Gasteiger partial charge < -0.3 is 15.4 Å². The number of rotatable bonds is 2. The molecule has 0 bridgehead atoms. The van der Waals surface area contributed by atoms with Crippen molar-refractivity contribution >= 4 is 0 Å². The molecular weight excluding hydrogens is 170 g/mol. The minimum Gasteiger partial charge on any atom is -0.385 e. The number of aliphatic hydroxyl groups excluding tert-OH is 1. The molecule has 72 valence electrons. The summed E-state index contributed by atoms with van der Waals surface area (Å²) in [5, 5.41) is 12.8. The second-order valence-corrected chi connectivity index (χ2v) is 3.60. The molecule has 5 heteroatoms. The maximum absolute atomic E-state index is 9.15. The van der Waals surface area contributed by atoms with Crippen molar-refractivity contribution < 1.29 is 9.63 Å². The third kappa shape index (κ3) is 1.57. The summed E-state index contributed by atoms with van der Waals surface area (Å²) in [5.41, 5.74) is 5.63. The van der Waals surface area contributed by atoms with Gasteiger partial charge in [-0.2, -0.15) is 4.98 Å². The van der Waals surface area contributed by atoms with Crippen molar-refractivity contribution in [3.05, 3.63) is 11.7 Å². The molecule has 1 fully saturated rings. The maximum Gasteiger partial charge on any atom is 0.229 e. The van der Waals surface area contributed by atoms with E-state index in [-0.39, 0.29) is 6.04 Å². The number of hydrogen-bond acceptors (Lipinski definition) is 5. The van der Waals surface area contributed by atoms with Crippen molar-refractivity contribution in [1.29, 1.82) is 0 Å². The highest BCUT2D eigenvalue weighted by Crippen LogP contribution is 2.34. The van der Waals surface area contributed by atoms with Crippen molar-refractivity contribution in [2.75, 3.05) is 0 Å². The zero-order valence-corrected chi connectivity index (χ0v) is 7.47. The zero-order chi connectivity index (χ0) is 9.42. The van der Waals surface area contributed by atoms with Gasteiger partial charge in [0.05, 0.1) is 0 Å². The van der Waals surface area contributed by atoms with Crippen molar-refractivity contribution in [3.8, 4) is 0 Å². The minimum atomic E-state index is -0.661. The standard InChI is InChI=1S/C8H13N3O2/c1-4(12)7-10-8(13-11-7)5-2-6(9)3-5/h4-6,12H,2-3,9H2,1H3/t4-,5-,6-/m0/s1. The smallest absolute Gasteiger partial charge is 0.229 e. The lowest BCUT2D eigenvalue weighted by molar-refractivity contribution is 0.183. The van der Waals surface area contributed by atoms with Crippen molar-refractivity contribution in [2.45, 2.75) is 37.8 Å². The number of aromatic nitrogens is 2. The Morgan fingerprint density at radius 3 is 2.77 bits per heavy atom. The molecule has 0 aliphatic heterocycles. The van der Waals surface area contributed by atoms with Gasteiger partial charge in [-0.25, -0.2) is 0 Å². The summed E-state index contributed by atoms with van der Waals surface area (Å²) in [5.74, 6) is 1.27. The van der Waals surface area contributed by atoms with Crippen LogP contribution in [0.15, 0.2) is 4.52 Å². The number of nitrogens with two attached hydrogens (primary N) is 1. The Balaban J connectivity index is 2.06. The Bertz CT molecular complexity index is 291. The summed E-state index contributed by atoms with van der Waals surface area (Å²) < 4.78 is 5.00. The van der Waals surface area contributed by atoms with Crippen LogP contribution in [-0.4, -0.2) is 21.3 Å². The van der Waals surface area contributed by atoms with Gasteiger partial charge in [-0.1, -0.05) is 5.16 Å². The Kier molecular flexibility index (Phi) is 2.05. The molecular formula is C8H13N3O2. The van der Waals surface area contributed by atoms with E-state index in [1.165, 1.54) is 0 Å². The van der Waals surface area contributed by atoms with Gasteiger partial charge in [-0.3, -0.25) is 0 Å². The van der Waals surface area contributed by atoms with Gasteiger partial charge in [-0.05, 0) is 19.8 Å². The highest BCUT2D eigenvalue weighted by molar-refractivity contribution is 5.03. The van der Waals surface area contributed by atoms with Crippen LogP contribution in [0.1, 0.15) is 43.5 Å². The molecule has 0 radical (unpaired) electrons. The highest BCUT2D eigenvalue weighted by atomic mass is 16.5. The van der Waals surface area contributed by atoms with Crippen LogP contribution >= 0.6 is 0 Å². The minimum absolute atomic E-state index is 0.270. The Morgan fingerprint density at radius 2 is 2.31 bits per heavy atom. The number of aliphatic hydroxyl groups is 1. The number of nitrogens with zero attached hydrogens (tertiary/aromatic N) is 2. The van der Waals surface area contributed by atoms with Crippen molar-refractivity contribution in [2.24, 2.45) is 5.73 Å². The van der Waals surface area contributed by atoms with Crippen LogP contribution in [0.2, 0.25) is 0 Å². The maximum atomic E-state index is 9.15. The monoisotopic (exact) mass is 183 g/mol. The SMILES string of the molecule is C[C@H](O)c1noc([C@H]2C[C@H](N)C2)n1. The fraction of sp³-hybridized carbons (Fsp3) is 0.750. The Hall–Kier alpha value is -0.940. The molecule has 0 spiro atoms. The molecule has 1 saturated carbocycles. The van der Waals surface area contributed by atoms with Gasteiger partial charge in [0.2, 0.25) is 5.89 Å². The second kappa shape index (κ2) is 3.08.